The Morgan fingerprint density at radius 3 is 2.79 bits per heavy atom. The van der Waals surface area contributed by atoms with E-state index in [4.69, 9.17) is 4.74 Å². The number of hydrogen-bond donors (Lipinski definition) is 2. The maximum absolute atomic E-state index is 13.7. The molecule has 0 saturated carbocycles. The second kappa shape index (κ2) is 8.94. The summed E-state index contributed by atoms with van der Waals surface area (Å²) in [5, 5.41) is 7.83. The zero-order valence-electron chi connectivity index (χ0n) is 15.2. The van der Waals surface area contributed by atoms with Crippen LogP contribution in [0.2, 0.25) is 0 Å². The van der Waals surface area contributed by atoms with Crippen LogP contribution in [0.25, 0.3) is 10.6 Å². The number of thiazole rings is 1. The van der Waals surface area contributed by atoms with Crippen molar-refractivity contribution in [2.45, 2.75) is 19.9 Å². The maximum atomic E-state index is 13.7. The number of nitrogens with one attached hydrogen (secondary N) is 2. The Morgan fingerprint density at radius 2 is 2.07 bits per heavy atom. The minimum atomic E-state index is -0.503. The summed E-state index contributed by atoms with van der Waals surface area (Å²) >= 11 is 2.85. The molecule has 0 aliphatic rings. The highest BCUT2D eigenvalue weighted by atomic mass is 32.1. The molecule has 28 heavy (non-hydrogen) atoms. The Hall–Kier alpha value is -2.78. The van der Waals surface area contributed by atoms with Crippen LogP contribution < -0.4 is 15.4 Å². The number of rotatable bonds is 7. The van der Waals surface area contributed by atoms with Gasteiger partial charge in [0.1, 0.15) is 0 Å². The van der Waals surface area contributed by atoms with Gasteiger partial charge in [0.15, 0.2) is 16.7 Å². The Kier molecular flexibility index (Phi) is 6.37. The lowest BCUT2D eigenvalue weighted by molar-refractivity contribution is -0.119. The molecule has 3 rings (SSSR count). The molecular weight excluding hydrogens is 401 g/mol. The maximum Gasteiger partial charge on any atom is 0.230 e. The van der Waals surface area contributed by atoms with Gasteiger partial charge in [0.05, 0.1) is 30.6 Å². The van der Waals surface area contributed by atoms with Crippen molar-refractivity contribution in [1.82, 2.24) is 10.3 Å². The molecular formula is C19H18FN3O3S2. The molecule has 0 radical (unpaired) electrons. The van der Waals surface area contributed by atoms with Crippen molar-refractivity contribution in [3.05, 3.63) is 52.0 Å². The van der Waals surface area contributed by atoms with Crippen LogP contribution in [0.15, 0.2) is 35.7 Å². The number of anilines is 1. The van der Waals surface area contributed by atoms with Crippen LogP contribution in [0, 0.1) is 5.82 Å². The predicted molar refractivity (Wildman–Crippen MR) is 108 cm³/mol. The van der Waals surface area contributed by atoms with E-state index in [9.17, 15) is 14.0 Å². The number of amides is 2. The highest BCUT2D eigenvalue weighted by Crippen LogP contribution is 2.31. The van der Waals surface area contributed by atoms with Crippen molar-refractivity contribution in [1.29, 1.82) is 0 Å². The molecule has 0 unspecified atom stereocenters. The Balaban J connectivity index is 1.60. The van der Waals surface area contributed by atoms with E-state index in [0.29, 0.717) is 17.2 Å². The third-order valence-corrected chi connectivity index (χ3v) is 5.62. The number of aromatic nitrogens is 1. The van der Waals surface area contributed by atoms with Crippen molar-refractivity contribution >= 4 is 39.6 Å². The molecule has 3 aromatic rings. The van der Waals surface area contributed by atoms with Crippen LogP contribution in [0.4, 0.5) is 9.52 Å². The lowest BCUT2D eigenvalue weighted by Crippen LogP contribution is -2.17. The molecule has 9 heteroatoms. The van der Waals surface area contributed by atoms with E-state index in [1.807, 2.05) is 17.5 Å². The van der Waals surface area contributed by atoms with Crippen molar-refractivity contribution in [3.63, 3.8) is 0 Å². The number of thiophene rings is 1. The van der Waals surface area contributed by atoms with E-state index >= 15 is 0 Å². The second-order valence-corrected chi connectivity index (χ2v) is 7.93. The molecule has 0 fully saturated rings. The van der Waals surface area contributed by atoms with Crippen LogP contribution in [0.3, 0.4) is 0 Å². The highest BCUT2D eigenvalue weighted by molar-refractivity contribution is 7.17. The first-order chi connectivity index (χ1) is 13.4. The summed E-state index contributed by atoms with van der Waals surface area (Å²) in [7, 11) is 1.39. The summed E-state index contributed by atoms with van der Waals surface area (Å²) in [6.45, 7) is 1.95. The standard InChI is InChI=1S/C19H18FN3O3S2/c1-11(24)21-9-13-4-6-17(28-13)15-10-27-19(22-15)23-18(25)8-12-3-5-16(26-2)14(20)7-12/h3-7,10H,8-9H2,1-2H3,(H,21,24)(H,22,23,25). The lowest BCUT2D eigenvalue weighted by atomic mass is 10.1. The molecule has 6 nitrogen and oxygen atoms in total. The fourth-order valence-corrected chi connectivity index (χ4v) is 4.14. The number of carbonyl (C=O) groups is 2. The van der Waals surface area contributed by atoms with Crippen LogP contribution in [-0.2, 0) is 22.6 Å². The van der Waals surface area contributed by atoms with Gasteiger partial charge in [0.25, 0.3) is 0 Å². The fraction of sp³-hybridized carbons (Fsp3) is 0.211. The average Bonchev–Trinajstić information content (AvgIpc) is 3.29. The molecule has 2 aromatic heterocycles. The van der Waals surface area contributed by atoms with E-state index in [-0.39, 0.29) is 24.0 Å². The van der Waals surface area contributed by atoms with E-state index in [1.165, 1.54) is 48.8 Å². The van der Waals surface area contributed by atoms with Gasteiger partial charge in [0.2, 0.25) is 11.8 Å². The summed E-state index contributed by atoms with van der Waals surface area (Å²) in [6, 6.07) is 8.30. The Morgan fingerprint density at radius 1 is 1.25 bits per heavy atom. The number of benzene rings is 1. The summed E-state index contributed by atoms with van der Waals surface area (Å²) in [5.74, 6) is -0.715. The first kappa shape index (κ1) is 20.0. The molecule has 2 N–H and O–H groups in total. The van der Waals surface area contributed by atoms with E-state index in [2.05, 4.69) is 15.6 Å². The molecule has 2 amide bonds. The van der Waals surface area contributed by atoms with Crippen LogP contribution >= 0.6 is 22.7 Å². The zero-order valence-corrected chi connectivity index (χ0v) is 16.9. The zero-order chi connectivity index (χ0) is 20.1. The number of methoxy groups -OCH3 is 1. The van der Waals surface area contributed by atoms with Gasteiger partial charge in [-0.3, -0.25) is 9.59 Å². The average molecular weight is 420 g/mol. The summed E-state index contributed by atoms with van der Waals surface area (Å²) in [4.78, 5) is 29.6. The number of nitrogens with zero attached hydrogens (tertiary/aromatic N) is 1. The molecule has 0 bridgehead atoms. The Bertz CT molecular complexity index is 1000. The molecule has 2 heterocycles. The predicted octanol–water partition coefficient (Wildman–Crippen LogP) is 3.84. The van der Waals surface area contributed by atoms with E-state index in [0.717, 1.165) is 15.4 Å². The van der Waals surface area contributed by atoms with Gasteiger partial charge in [-0.2, -0.15) is 0 Å². The quantitative estimate of drug-likeness (QED) is 0.610. The van der Waals surface area contributed by atoms with Crippen molar-refractivity contribution in [2.24, 2.45) is 0 Å². The molecule has 0 aliphatic heterocycles. The van der Waals surface area contributed by atoms with Crippen LogP contribution in [-0.4, -0.2) is 23.9 Å². The normalized spacial score (nSPS) is 10.5. The number of halogens is 1. The monoisotopic (exact) mass is 419 g/mol. The number of ether oxygens (including phenoxy) is 1. The third-order valence-electron chi connectivity index (χ3n) is 3.76. The second-order valence-electron chi connectivity index (χ2n) is 5.91. The molecule has 0 aliphatic carbocycles. The summed E-state index contributed by atoms with van der Waals surface area (Å²) in [5.41, 5.74) is 1.31. The molecule has 146 valence electrons. The largest absolute Gasteiger partial charge is 0.494 e. The van der Waals surface area contributed by atoms with Gasteiger partial charge in [-0.1, -0.05) is 6.07 Å². The number of carbonyl (C=O) groups excluding carboxylic acids is 2. The molecule has 0 saturated heterocycles. The first-order valence-electron chi connectivity index (χ1n) is 8.36. The third kappa shape index (κ3) is 5.14. The smallest absolute Gasteiger partial charge is 0.230 e. The van der Waals surface area contributed by atoms with Gasteiger partial charge in [0, 0.05) is 17.2 Å². The molecule has 1 aromatic carbocycles. The van der Waals surface area contributed by atoms with Gasteiger partial charge < -0.3 is 15.4 Å². The Labute approximate surface area is 169 Å². The molecule has 0 spiro atoms. The van der Waals surface area contributed by atoms with Gasteiger partial charge in [-0.15, -0.1) is 22.7 Å². The minimum Gasteiger partial charge on any atom is -0.494 e. The van der Waals surface area contributed by atoms with Crippen molar-refractivity contribution < 1.29 is 18.7 Å². The summed E-state index contributed by atoms with van der Waals surface area (Å²) < 4.78 is 18.6. The van der Waals surface area contributed by atoms with Crippen LogP contribution in [0.5, 0.6) is 5.75 Å². The lowest BCUT2D eigenvalue weighted by Gasteiger charge is -2.05. The van der Waals surface area contributed by atoms with Gasteiger partial charge in [-0.05, 0) is 29.8 Å². The SMILES string of the molecule is COc1ccc(CC(=O)Nc2nc(-c3ccc(CNC(C)=O)s3)cs2)cc1F. The van der Waals surface area contributed by atoms with E-state index < -0.39 is 5.82 Å². The van der Waals surface area contributed by atoms with Crippen molar-refractivity contribution in [2.75, 3.05) is 12.4 Å². The van der Waals surface area contributed by atoms with E-state index in [1.54, 1.807) is 6.07 Å². The highest BCUT2D eigenvalue weighted by Gasteiger charge is 2.12. The summed E-state index contributed by atoms with van der Waals surface area (Å²) in [6.07, 6.45) is 0.0374. The van der Waals surface area contributed by atoms with Crippen molar-refractivity contribution in [3.8, 4) is 16.3 Å². The fourth-order valence-electron chi connectivity index (χ4n) is 2.44. The first-order valence-corrected chi connectivity index (χ1v) is 10.1. The topological polar surface area (TPSA) is 80.3 Å². The number of hydrogen-bond acceptors (Lipinski definition) is 6. The minimum absolute atomic E-state index is 0.0374. The van der Waals surface area contributed by atoms with Gasteiger partial charge >= 0.3 is 0 Å². The van der Waals surface area contributed by atoms with Gasteiger partial charge in [-0.25, -0.2) is 9.37 Å². The van der Waals surface area contributed by atoms with Crippen LogP contribution in [0.1, 0.15) is 17.4 Å². The molecule has 0 atom stereocenters.